The molecule has 2 N–H and O–H groups in total. The van der Waals surface area contributed by atoms with E-state index in [1.54, 1.807) is 12.1 Å². The van der Waals surface area contributed by atoms with Gasteiger partial charge in [0, 0.05) is 5.56 Å². The number of benzene rings is 5. The van der Waals surface area contributed by atoms with Crippen molar-refractivity contribution >= 4 is 12.7 Å². The molecule has 0 saturated heterocycles. The van der Waals surface area contributed by atoms with Crippen LogP contribution in [0.3, 0.4) is 0 Å². The van der Waals surface area contributed by atoms with Crippen molar-refractivity contribution < 1.29 is 10.0 Å². The van der Waals surface area contributed by atoms with E-state index in [2.05, 4.69) is 120 Å². The summed E-state index contributed by atoms with van der Waals surface area (Å²) in [5.41, 5.74) is 15.1. The van der Waals surface area contributed by atoms with E-state index in [0.717, 1.165) is 22.4 Å². The normalized spacial score (nSPS) is 13.2. The van der Waals surface area contributed by atoms with E-state index in [9.17, 15) is 10.0 Å². The Labute approximate surface area is 267 Å². The van der Waals surface area contributed by atoms with Gasteiger partial charge in [-0.25, -0.2) is 4.98 Å². The van der Waals surface area contributed by atoms with E-state index < -0.39 is 12.5 Å². The maximum atomic E-state index is 9.84. The number of pyridine rings is 2. The van der Waals surface area contributed by atoms with Crippen molar-refractivity contribution in [1.29, 1.82) is 0 Å². The largest absolute Gasteiger partial charge is 0.508 e. The molecule has 0 fully saturated rings. The molecule has 2 aliphatic rings. The lowest BCUT2D eigenvalue weighted by atomic mass is 9.70. The van der Waals surface area contributed by atoms with Gasteiger partial charge in [0.25, 0.3) is 0 Å². The first kappa shape index (κ1) is 26.8. The molecule has 5 aromatic carbocycles. The summed E-state index contributed by atoms with van der Waals surface area (Å²) < 4.78 is 0. The predicted molar refractivity (Wildman–Crippen MR) is 184 cm³/mol. The Kier molecular flexibility index (Phi) is 5.94. The average Bonchev–Trinajstić information content (AvgIpc) is 3.59. The van der Waals surface area contributed by atoms with E-state index in [1.807, 2.05) is 24.3 Å². The first-order valence-corrected chi connectivity index (χ1v) is 15.5. The average molecular weight is 590 g/mol. The third-order valence-electron chi connectivity index (χ3n) is 9.52. The zero-order chi connectivity index (χ0) is 30.8. The monoisotopic (exact) mass is 590 g/mol. The number of nitrogens with zero attached hydrogens (tertiary/aromatic N) is 2. The van der Waals surface area contributed by atoms with Crippen molar-refractivity contribution in [1.82, 2.24) is 9.97 Å². The van der Waals surface area contributed by atoms with Gasteiger partial charge in [-0.1, -0.05) is 121 Å². The third-order valence-corrected chi connectivity index (χ3v) is 9.52. The molecule has 216 valence electrons. The van der Waals surface area contributed by atoms with Gasteiger partial charge in [0.1, 0.15) is 0 Å². The highest BCUT2D eigenvalue weighted by Gasteiger charge is 2.51. The minimum absolute atomic E-state index is 0.182. The van der Waals surface area contributed by atoms with Crippen LogP contribution in [0, 0.1) is 0 Å². The number of rotatable bonds is 4. The van der Waals surface area contributed by atoms with Gasteiger partial charge in [0.05, 0.1) is 28.1 Å². The van der Waals surface area contributed by atoms with Crippen molar-refractivity contribution in [3.8, 4) is 56.0 Å². The Morgan fingerprint density at radius 1 is 0.391 bits per heavy atom. The second-order valence-electron chi connectivity index (χ2n) is 12.0. The van der Waals surface area contributed by atoms with Crippen LogP contribution in [0.1, 0.15) is 22.3 Å². The lowest BCUT2D eigenvalue weighted by Gasteiger charge is -2.30. The fourth-order valence-corrected chi connectivity index (χ4v) is 7.60. The van der Waals surface area contributed by atoms with Gasteiger partial charge in [-0.05, 0) is 86.0 Å². The third kappa shape index (κ3) is 3.83. The summed E-state index contributed by atoms with van der Waals surface area (Å²) in [6.07, 6.45) is 0. The van der Waals surface area contributed by atoms with Gasteiger partial charge < -0.3 is 10.0 Å². The number of hydrogen-bond acceptors (Lipinski definition) is 4. The van der Waals surface area contributed by atoms with E-state index in [0.29, 0.717) is 11.4 Å². The highest BCUT2D eigenvalue weighted by atomic mass is 16.4. The summed E-state index contributed by atoms with van der Waals surface area (Å²) in [6, 6.07) is 52.9. The Bertz CT molecular complexity index is 2250. The van der Waals surface area contributed by atoms with Gasteiger partial charge in [-0.3, -0.25) is 4.98 Å². The molecule has 0 atom stereocenters. The van der Waals surface area contributed by atoms with E-state index in [1.165, 1.54) is 44.5 Å². The van der Waals surface area contributed by atoms with Crippen LogP contribution in [-0.2, 0) is 5.41 Å². The first-order chi connectivity index (χ1) is 22.6. The molecule has 4 nitrogen and oxygen atoms in total. The van der Waals surface area contributed by atoms with Crippen LogP contribution in [0.25, 0.3) is 56.0 Å². The molecular weight excluding hydrogens is 563 g/mol. The van der Waals surface area contributed by atoms with Crippen LogP contribution in [0.2, 0.25) is 0 Å². The lowest BCUT2D eigenvalue weighted by molar-refractivity contribution is 0.424. The molecular formula is C41H27BN2O2. The van der Waals surface area contributed by atoms with Crippen LogP contribution in [0.15, 0.2) is 152 Å². The molecule has 2 aromatic heterocycles. The van der Waals surface area contributed by atoms with Crippen LogP contribution < -0.4 is 5.59 Å². The van der Waals surface area contributed by atoms with Gasteiger partial charge in [0.15, 0.2) is 0 Å². The summed E-state index contributed by atoms with van der Waals surface area (Å²) in [7, 11) is -1.66. The van der Waals surface area contributed by atoms with Gasteiger partial charge in [-0.15, -0.1) is 0 Å². The van der Waals surface area contributed by atoms with Gasteiger partial charge in [0.2, 0.25) is 0 Å². The van der Waals surface area contributed by atoms with Crippen LogP contribution >= 0.6 is 0 Å². The highest BCUT2D eigenvalue weighted by molar-refractivity contribution is 6.57. The maximum Gasteiger partial charge on any atom is 0.508 e. The zero-order valence-electron chi connectivity index (χ0n) is 24.8. The molecule has 0 bridgehead atoms. The second kappa shape index (κ2) is 10.2. The second-order valence-corrected chi connectivity index (χ2v) is 12.0. The van der Waals surface area contributed by atoms with Crippen LogP contribution in [0.5, 0.6) is 0 Å². The molecule has 0 unspecified atom stereocenters. The molecule has 9 rings (SSSR count). The Balaban J connectivity index is 1.30. The quantitative estimate of drug-likeness (QED) is 0.209. The van der Waals surface area contributed by atoms with Crippen molar-refractivity contribution in [2.75, 3.05) is 0 Å². The Hall–Kier alpha value is -5.62. The first-order valence-electron chi connectivity index (χ1n) is 15.5. The van der Waals surface area contributed by atoms with Crippen molar-refractivity contribution in [2.24, 2.45) is 0 Å². The molecule has 2 aliphatic carbocycles. The number of aromatic nitrogens is 2. The fraction of sp³-hybridized carbons (Fsp3) is 0.0244. The molecule has 0 radical (unpaired) electrons. The fourth-order valence-electron chi connectivity index (χ4n) is 7.60. The standard InChI is InChI=1S/C41H27BN2O2/c45-42(46)40-20-10-19-37(44-40)39-25-28(24-38(43-39)26-11-2-1-3-12-26)27-21-22-32-31-15-6-9-18-35(31)41(36(32)23-27)33-16-7-4-13-29(33)30-14-5-8-17-34(30)41/h1-25,45-46H. The van der Waals surface area contributed by atoms with Gasteiger partial charge >= 0.3 is 7.12 Å². The molecule has 1 spiro atoms. The summed E-state index contributed by atoms with van der Waals surface area (Å²) in [6.45, 7) is 0. The van der Waals surface area contributed by atoms with Crippen molar-refractivity contribution in [3.63, 3.8) is 0 Å². The molecule has 0 aliphatic heterocycles. The van der Waals surface area contributed by atoms with Crippen molar-refractivity contribution in [3.05, 3.63) is 174 Å². The Morgan fingerprint density at radius 2 is 0.957 bits per heavy atom. The molecule has 7 aromatic rings. The molecule has 5 heteroatoms. The highest BCUT2D eigenvalue weighted by Crippen LogP contribution is 2.63. The Morgan fingerprint density at radius 3 is 1.59 bits per heavy atom. The molecule has 0 amide bonds. The molecule has 0 saturated carbocycles. The number of fused-ring (bicyclic) bond motifs is 10. The SMILES string of the molecule is OB(O)c1cccc(-c2cc(-c3ccc4c(c3)C3(c5ccccc5-c5ccccc53)c3ccccc3-4)cc(-c3ccccc3)n2)n1. The molecule has 2 heterocycles. The topological polar surface area (TPSA) is 66.2 Å². The van der Waals surface area contributed by atoms with E-state index >= 15 is 0 Å². The predicted octanol–water partition coefficient (Wildman–Crippen LogP) is 7.50. The minimum atomic E-state index is -1.66. The van der Waals surface area contributed by atoms with Crippen molar-refractivity contribution in [2.45, 2.75) is 5.41 Å². The van der Waals surface area contributed by atoms with E-state index in [-0.39, 0.29) is 5.59 Å². The summed E-state index contributed by atoms with van der Waals surface area (Å²) >= 11 is 0. The lowest BCUT2D eigenvalue weighted by Crippen LogP contribution is -2.32. The minimum Gasteiger partial charge on any atom is -0.422 e. The smallest absolute Gasteiger partial charge is 0.422 e. The zero-order valence-corrected chi connectivity index (χ0v) is 24.8. The summed E-state index contributed by atoms with van der Waals surface area (Å²) in [5.74, 6) is 0. The van der Waals surface area contributed by atoms with Crippen LogP contribution in [-0.4, -0.2) is 27.1 Å². The van der Waals surface area contributed by atoms with Crippen LogP contribution in [0.4, 0.5) is 0 Å². The van der Waals surface area contributed by atoms with E-state index in [4.69, 9.17) is 4.98 Å². The summed E-state index contributed by atoms with van der Waals surface area (Å²) in [5, 5.41) is 19.7. The summed E-state index contributed by atoms with van der Waals surface area (Å²) in [4.78, 5) is 9.55. The number of hydrogen-bond donors (Lipinski definition) is 2. The van der Waals surface area contributed by atoms with Gasteiger partial charge in [-0.2, -0.15) is 0 Å². The maximum absolute atomic E-state index is 9.84. The molecule has 46 heavy (non-hydrogen) atoms.